The molecule has 0 saturated carbocycles. The Bertz CT molecular complexity index is 350. The van der Waals surface area contributed by atoms with E-state index in [-0.39, 0.29) is 6.04 Å². The first-order valence-corrected chi connectivity index (χ1v) is 5.81. The molecule has 0 unspecified atom stereocenters. The lowest BCUT2D eigenvalue weighted by atomic mass is 10.1. The monoisotopic (exact) mass is 239 g/mol. The second-order valence-electron chi connectivity index (χ2n) is 3.75. The highest BCUT2D eigenvalue weighted by molar-refractivity contribution is 6.30. The summed E-state index contributed by atoms with van der Waals surface area (Å²) in [4.78, 5) is 0. The fourth-order valence-electron chi connectivity index (χ4n) is 1.42. The lowest BCUT2D eigenvalue weighted by Crippen LogP contribution is -2.08. The Kier molecular flexibility index (Phi) is 5.36. The molecule has 0 aliphatic rings. The van der Waals surface area contributed by atoms with Gasteiger partial charge < -0.3 is 10.5 Å². The minimum Gasteiger partial charge on any atom is -0.493 e. The number of nitrogens with two attached hydrogens (primary N) is 1. The Balaban J connectivity index is 2.67. The van der Waals surface area contributed by atoms with E-state index >= 15 is 0 Å². The molecule has 16 heavy (non-hydrogen) atoms. The molecule has 0 amide bonds. The normalized spacial score (nSPS) is 12.2. The van der Waals surface area contributed by atoms with E-state index in [1.54, 1.807) is 0 Å². The zero-order valence-electron chi connectivity index (χ0n) is 9.58. The fraction of sp³-hybridized carbons (Fsp3) is 0.385. The van der Waals surface area contributed by atoms with E-state index in [1.165, 1.54) is 0 Å². The van der Waals surface area contributed by atoms with E-state index in [4.69, 9.17) is 22.1 Å². The van der Waals surface area contributed by atoms with Gasteiger partial charge in [0, 0.05) is 16.6 Å². The average molecular weight is 240 g/mol. The number of benzene rings is 1. The summed E-state index contributed by atoms with van der Waals surface area (Å²) < 4.78 is 5.67. The summed E-state index contributed by atoms with van der Waals surface area (Å²) in [6.45, 7) is 6.26. The van der Waals surface area contributed by atoms with Gasteiger partial charge in [-0.25, -0.2) is 0 Å². The molecule has 1 aromatic carbocycles. The van der Waals surface area contributed by atoms with Crippen LogP contribution in [0.5, 0.6) is 5.75 Å². The molecular formula is C13H18ClNO. The highest BCUT2D eigenvalue weighted by Gasteiger charge is 2.08. The lowest BCUT2D eigenvalue weighted by Gasteiger charge is -2.14. The minimum atomic E-state index is -0.0758. The molecule has 1 rings (SSSR count). The molecule has 1 aromatic rings. The van der Waals surface area contributed by atoms with Crippen molar-refractivity contribution in [1.82, 2.24) is 0 Å². The van der Waals surface area contributed by atoms with Crippen LogP contribution >= 0.6 is 11.6 Å². The van der Waals surface area contributed by atoms with Gasteiger partial charge in [0.25, 0.3) is 0 Å². The molecule has 2 nitrogen and oxygen atoms in total. The van der Waals surface area contributed by atoms with Crippen molar-refractivity contribution in [1.29, 1.82) is 0 Å². The largest absolute Gasteiger partial charge is 0.493 e. The maximum Gasteiger partial charge on any atom is 0.124 e. The van der Waals surface area contributed by atoms with E-state index in [2.05, 4.69) is 6.58 Å². The Morgan fingerprint density at radius 2 is 2.31 bits per heavy atom. The van der Waals surface area contributed by atoms with Gasteiger partial charge in [-0.2, -0.15) is 0 Å². The molecular weight excluding hydrogens is 222 g/mol. The van der Waals surface area contributed by atoms with Gasteiger partial charge in [-0.1, -0.05) is 17.7 Å². The van der Waals surface area contributed by atoms with Crippen molar-refractivity contribution in [3.05, 3.63) is 41.4 Å². The zero-order chi connectivity index (χ0) is 12.0. The zero-order valence-corrected chi connectivity index (χ0v) is 10.3. The second-order valence-corrected chi connectivity index (χ2v) is 4.19. The summed E-state index contributed by atoms with van der Waals surface area (Å²) in [5.41, 5.74) is 6.81. The van der Waals surface area contributed by atoms with Crippen molar-refractivity contribution >= 4 is 11.6 Å². The predicted octanol–water partition coefficient (Wildman–Crippen LogP) is 3.70. The molecule has 0 saturated heterocycles. The van der Waals surface area contributed by atoms with Crippen molar-refractivity contribution in [2.75, 3.05) is 6.61 Å². The number of rotatable bonds is 6. The highest BCUT2D eigenvalue weighted by Crippen LogP contribution is 2.27. The third kappa shape index (κ3) is 3.87. The standard InChI is InChI=1S/C13H18ClNO/c1-3-4-5-8-16-13-7-6-11(14)9-12(13)10(2)15/h3,6-7,9-10H,1,4-5,8,15H2,2H3/t10-/m0/s1. The predicted molar refractivity (Wildman–Crippen MR) is 69.0 cm³/mol. The molecule has 0 spiro atoms. The van der Waals surface area contributed by atoms with Crippen LogP contribution in [-0.2, 0) is 0 Å². The van der Waals surface area contributed by atoms with Crippen molar-refractivity contribution in [3.63, 3.8) is 0 Å². The number of hydrogen-bond donors (Lipinski definition) is 1. The van der Waals surface area contributed by atoms with Crippen molar-refractivity contribution in [3.8, 4) is 5.75 Å². The van der Waals surface area contributed by atoms with Crippen molar-refractivity contribution in [2.24, 2.45) is 5.73 Å². The summed E-state index contributed by atoms with van der Waals surface area (Å²) in [6.07, 6.45) is 3.81. The van der Waals surface area contributed by atoms with Gasteiger partial charge in [0.1, 0.15) is 5.75 Å². The van der Waals surface area contributed by atoms with Crippen LogP contribution in [0.25, 0.3) is 0 Å². The van der Waals surface area contributed by atoms with Crippen LogP contribution < -0.4 is 10.5 Å². The van der Waals surface area contributed by atoms with Gasteiger partial charge in [-0.15, -0.1) is 6.58 Å². The van der Waals surface area contributed by atoms with Gasteiger partial charge in [-0.3, -0.25) is 0 Å². The molecule has 0 aliphatic carbocycles. The van der Waals surface area contributed by atoms with Crippen LogP contribution in [0, 0.1) is 0 Å². The van der Waals surface area contributed by atoms with Crippen LogP contribution in [0.3, 0.4) is 0 Å². The van der Waals surface area contributed by atoms with Crippen LogP contribution in [0.15, 0.2) is 30.9 Å². The molecule has 2 N–H and O–H groups in total. The third-order valence-corrected chi connectivity index (χ3v) is 2.51. The number of allylic oxidation sites excluding steroid dienone is 1. The van der Waals surface area contributed by atoms with Crippen molar-refractivity contribution < 1.29 is 4.74 Å². The number of halogens is 1. The van der Waals surface area contributed by atoms with Gasteiger partial charge in [0.2, 0.25) is 0 Å². The third-order valence-electron chi connectivity index (χ3n) is 2.27. The van der Waals surface area contributed by atoms with Gasteiger partial charge in [0.05, 0.1) is 6.61 Å². The summed E-state index contributed by atoms with van der Waals surface area (Å²) in [5.74, 6) is 0.823. The number of unbranched alkanes of at least 4 members (excludes halogenated alkanes) is 1. The first-order chi connectivity index (χ1) is 7.65. The Labute approximate surface area is 102 Å². The fourth-order valence-corrected chi connectivity index (χ4v) is 1.60. The summed E-state index contributed by atoms with van der Waals surface area (Å²) in [5, 5.41) is 0.686. The molecule has 3 heteroatoms. The summed E-state index contributed by atoms with van der Waals surface area (Å²) in [7, 11) is 0. The van der Waals surface area contributed by atoms with Crippen LogP contribution in [0.4, 0.5) is 0 Å². The lowest BCUT2D eigenvalue weighted by molar-refractivity contribution is 0.307. The van der Waals surface area contributed by atoms with Crippen LogP contribution in [0.2, 0.25) is 5.02 Å². The molecule has 0 fully saturated rings. The molecule has 0 radical (unpaired) electrons. The maximum absolute atomic E-state index is 5.92. The van der Waals surface area contributed by atoms with E-state index in [0.29, 0.717) is 11.6 Å². The number of hydrogen-bond acceptors (Lipinski definition) is 2. The molecule has 0 heterocycles. The topological polar surface area (TPSA) is 35.2 Å². The highest BCUT2D eigenvalue weighted by atomic mass is 35.5. The van der Waals surface area contributed by atoms with Crippen LogP contribution in [-0.4, -0.2) is 6.61 Å². The van der Waals surface area contributed by atoms with E-state index in [9.17, 15) is 0 Å². The second kappa shape index (κ2) is 6.56. The Morgan fingerprint density at radius 1 is 1.56 bits per heavy atom. The van der Waals surface area contributed by atoms with Gasteiger partial charge in [0.15, 0.2) is 0 Å². The van der Waals surface area contributed by atoms with Crippen LogP contribution in [0.1, 0.15) is 31.4 Å². The maximum atomic E-state index is 5.92. The van der Waals surface area contributed by atoms with Gasteiger partial charge >= 0.3 is 0 Å². The molecule has 88 valence electrons. The quantitative estimate of drug-likeness (QED) is 0.607. The van der Waals surface area contributed by atoms with Crippen molar-refractivity contribution in [2.45, 2.75) is 25.8 Å². The number of ether oxygens (including phenoxy) is 1. The molecule has 0 bridgehead atoms. The summed E-state index contributed by atoms with van der Waals surface area (Å²) in [6, 6.07) is 5.47. The van der Waals surface area contributed by atoms with E-state index in [0.717, 1.165) is 24.2 Å². The Morgan fingerprint density at radius 3 is 2.94 bits per heavy atom. The minimum absolute atomic E-state index is 0.0758. The SMILES string of the molecule is C=CCCCOc1ccc(Cl)cc1[C@H](C)N. The first kappa shape index (κ1) is 13.1. The smallest absolute Gasteiger partial charge is 0.124 e. The average Bonchev–Trinajstić information content (AvgIpc) is 2.26. The van der Waals surface area contributed by atoms with Gasteiger partial charge in [-0.05, 0) is 38.0 Å². The molecule has 0 aliphatic heterocycles. The first-order valence-electron chi connectivity index (χ1n) is 5.44. The van der Waals surface area contributed by atoms with E-state index < -0.39 is 0 Å². The molecule has 0 aromatic heterocycles. The van der Waals surface area contributed by atoms with E-state index in [1.807, 2.05) is 31.2 Å². The Hall–Kier alpha value is -0.990. The molecule has 1 atom stereocenters. The summed E-state index contributed by atoms with van der Waals surface area (Å²) >= 11 is 5.92.